The van der Waals surface area contributed by atoms with Crippen molar-refractivity contribution in [3.8, 4) is 5.69 Å². The second kappa shape index (κ2) is 6.77. The first-order valence-electron chi connectivity index (χ1n) is 8.45. The fraction of sp³-hybridized carbons (Fsp3) is 0.150. The summed E-state index contributed by atoms with van der Waals surface area (Å²) in [5.41, 5.74) is 4.79. The Morgan fingerprint density at radius 1 is 1.04 bits per heavy atom. The maximum Gasteiger partial charge on any atom is 0.170 e. The Morgan fingerprint density at radius 3 is 2.58 bits per heavy atom. The van der Waals surface area contributed by atoms with Crippen molar-refractivity contribution in [2.75, 3.05) is 11.4 Å². The van der Waals surface area contributed by atoms with E-state index in [4.69, 9.17) is 11.6 Å². The van der Waals surface area contributed by atoms with Crippen LogP contribution in [0.5, 0.6) is 0 Å². The van der Waals surface area contributed by atoms with E-state index in [2.05, 4.69) is 58.0 Å². The molecule has 2 aromatic heterocycles. The number of halogens is 1. The molecule has 0 spiro atoms. The number of aromatic nitrogens is 4. The molecule has 2 heterocycles. The third kappa shape index (κ3) is 2.91. The van der Waals surface area contributed by atoms with Crippen LogP contribution in [0.4, 0.5) is 11.5 Å². The van der Waals surface area contributed by atoms with Gasteiger partial charge in [0.15, 0.2) is 17.0 Å². The quantitative estimate of drug-likeness (QED) is 0.515. The van der Waals surface area contributed by atoms with Gasteiger partial charge in [-0.1, -0.05) is 23.7 Å². The number of hydrogen-bond acceptors (Lipinski definition) is 4. The van der Waals surface area contributed by atoms with E-state index in [1.807, 2.05) is 28.8 Å². The van der Waals surface area contributed by atoms with Crippen molar-refractivity contribution in [1.29, 1.82) is 0 Å². The lowest BCUT2D eigenvalue weighted by Gasteiger charge is -2.22. The van der Waals surface area contributed by atoms with E-state index in [1.54, 1.807) is 12.7 Å². The Labute approximate surface area is 156 Å². The Hall–Kier alpha value is -2.92. The van der Waals surface area contributed by atoms with Crippen molar-refractivity contribution in [2.24, 2.45) is 0 Å². The van der Waals surface area contributed by atoms with E-state index < -0.39 is 0 Å². The number of benzene rings is 2. The molecule has 4 aromatic rings. The fourth-order valence-corrected chi connectivity index (χ4v) is 3.19. The molecule has 0 unspecified atom stereocenters. The third-order valence-corrected chi connectivity index (χ3v) is 4.56. The lowest BCUT2D eigenvalue weighted by molar-refractivity contribution is 0.983. The summed E-state index contributed by atoms with van der Waals surface area (Å²) in [6.45, 7) is 4.97. The van der Waals surface area contributed by atoms with Crippen molar-refractivity contribution in [3.63, 3.8) is 0 Å². The average Bonchev–Trinajstić information content (AvgIpc) is 3.08. The zero-order chi connectivity index (χ0) is 18.1. The van der Waals surface area contributed by atoms with Gasteiger partial charge in [0.2, 0.25) is 0 Å². The van der Waals surface area contributed by atoms with Gasteiger partial charge in [0.1, 0.15) is 12.7 Å². The van der Waals surface area contributed by atoms with Gasteiger partial charge in [0.05, 0.1) is 0 Å². The minimum Gasteiger partial charge on any atom is -0.325 e. The molecule has 0 radical (unpaired) electrons. The summed E-state index contributed by atoms with van der Waals surface area (Å²) in [4.78, 5) is 15.7. The largest absolute Gasteiger partial charge is 0.325 e. The van der Waals surface area contributed by atoms with E-state index in [-0.39, 0.29) is 0 Å². The molecule has 26 heavy (non-hydrogen) atoms. The number of nitrogens with zero attached hydrogens (tertiary/aromatic N) is 5. The number of rotatable bonds is 4. The van der Waals surface area contributed by atoms with E-state index in [9.17, 15) is 0 Å². The smallest absolute Gasteiger partial charge is 0.170 e. The van der Waals surface area contributed by atoms with Crippen LogP contribution in [0, 0.1) is 6.92 Å². The van der Waals surface area contributed by atoms with Crippen LogP contribution in [0.25, 0.3) is 16.9 Å². The Morgan fingerprint density at radius 2 is 1.85 bits per heavy atom. The first-order valence-corrected chi connectivity index (χ1v) is 8.83. The molecule has 130 valence electrons. The Kier molecular flexibility index (Phi) is 4.31. The molecule has 6 heteroatoms. The van der Waals surface area contributed by atoms with Crippen molar-refractivity contribution < 1.29 is 0 Å². The zero-order valence-corrected chi connectivity index (χ0v) is 15.4. The van der Waals surface area contributed by atoms with Gasteiger partial charge < -0.3 is 4.90 Å². The van der Waals surface area contributed by atoms with Gasteiger partial charge in [0.25, 0.3) is 0 Å². The molecule has 0 saturated carbocycles. The van der Waals surface area contributed by atoms with E-state index in [0.29, 0.717) is 5.02 Å². The van der Waals surface area contributed by atoms with Crippen LogP contribution < -0.4 is 4.90 Å². The van der Waals surface area contributed by atoms with E-state index >= 15 is 0 Å². The van der Waals surface area contributed by atoms with Gasteiger partial charge in [0, 0.05) is 22.9 Å². The van der Waals surface area contributed by atoms with Crippen molar-refractivity contribution in [3.05, 3.63) is 71.8 Å². The maximum atomic E-state index is 6.00. The normalized spacial score (nSPS) is 11.0. The van der Waals surface area contributed by atoms with Crippen LogP contribution in [-0.4, -0.2) is 26.1 Å². The van der Waals surface area contributed by atoms with E-state index in [1.165, 1.54) is 5.56 Å². The molecular formula is C20H18ClN5. The third-order valence-electron chi connectivity index (χ3n) is 4.30. The molecule has 0 amide bonds. The van der Waals surface area contributed by atoms with Gasteiger partial charge in [-0.15, -0.1) is 0 Å². The zero-order valence-electron chi connectivity index (χ0n) is 14.6. The average molecular weight is 364 g/mol. The van der Waals surface area contributed by atoms with Gasteiger partial charge in [-0.05, 0) is 55.8 Å². The van der Waals surface area contributed by atoms with Crippen LogP contribution >= 0.6 is 11.6 Å². The molecule has 0 aliphatic rings. The monoisotopic (exact) mass is 363 g/mol. The molecule has 2 aromatic carbocycles. The summed E-state index contributed by atoms with van der Waals surface area (Å²) in [5, 5.41) is 0.699. The molecule has 0 aliphatic heterocycles. The highest BCUT2D eigenvalue weighted by Gasteiger charge is 2.17. The fourth-order valence-electron chi connectivity index (χ4n) is 3.06. The van der Waals surface area contributed by atoms with Crippen LogP contribution in [0.2, 0.25) is 5.02 Å². The highest BCUT2D eigenvalue weighted by Crippen LogP contribution is 2.30. The number of aryl methyl sites for hydroxylation is 1. The molecule has 0 atom stereocenters. The number of anilines is 2. The molecule has 0 saturated heterocycles. The molecule has 0 N–H and O–H groups in total. The summed E-state index contributed by atoms with van der Waals surface area (Å²) in [5.74, 6) is 0.802. The Balaban J connectivity index is 1.85. The first kappa shape index (κ1) is 16.5. The highest BCUT2D eigenvalue weighted by molar-refractivity contribution is 6.30. The van der Waals surface area contributed by atoms with Gasteiger partial charge >= 0.3 is 0 Å². The van der Waals surface area contributed by atoms with Crippen molar-refractivity contribution >= 4 is 34.3 Å². The predicted octanol–water partition coefficient (Wildman–Crippen LogP) is 4.94. The summed E-state index contributed by atoms with van der Waals surface area (Å²) in [6, 6.07) is 16.0. The van der Waals surface area contributed by atoms with Crippen LogP contribution in [0.3, 0.4) is 0 Å². The van der Waals surface area contributed by atoms with Crippen LogP contribution in [-0.2, 0) is 0 Å². The predicted molar refractivity (Wildman–Crippen MR) is 106 cm³/mol. The Bertz CT molecular complexity index is 1060. The van der Waals surface area contributed by atoms with Gasteiger partial charge in [-0.25, -0.2) is 15.0 Å². The minimum atomic E-state index is 0.699. The summed E-state index contributed by atoms with van der Waals surface area (Å²) >= 11 is 6.00. The SMILES string of the molecule is CCN(c1cccc(C)c1)c1ncnc2c1ncn2-c1ccc(Cl)cc1. The summed E-state index contributed by atoms with van der Waals surface area (Å²) in [6.07, 6.45) is 3.36. The lowest BCUT2D eigenvalue weighted by Crippen LogP contribution is -2.18. The van der Waals surface area contributed by atoms with Gasteiger partial charge in [-0.2, -0.15) is 0 Å². The molecule has 0 aliphatic carbocycles. The second-order valence-corrected chi connectivity index (χ2v) is 6.48. The topological polar surface area (TPSA) is 46.8 Å². The van der Waals surface area contributed by atoms with Gasteiger partial charge in [-0.3, -0.25) is 4.57 Å². The molecule has 0 fully saturated rings. The molecule has 5 nitrogen and oxygen atoms in total. The number of imidazole rings is 1. The number of fused-ring (bicyclic) bond motifs is 1. The standard InChI is InChI=1S/C20H18ClN5/c1-3-25(17-6-4-5-14(2)11-17)19-18-20(23-12-22-19)26(13-24-18)16-9-7-15(21)8-10-16/h4-13H,3H2,1-2H3. The highest BCUT2D eigenvalue weighted by atomic mass is 35.5. The van der Waals surface area contributed by atoms with E-state index in [0.717, 1.165) is 34.9 Å². The minimum absolute atomic E-state index is 0.699. The van der Waals surface area contributed by atoms with Crippen LogP contribution in [0.1, 0.15) is 12.5 Å². The molecule has 4 rings (SSSR count). The lowest BCUT2D eigenvalue weighted by atomic mass is 10.2. The van der Waals surface area contributed by atoms with Crippen molar-refractivity contribution in [2.45, 2.75) is 13.8 Å². The first-order chi connectivity index (χ1) is 12.7. The second-order valence-electron chi connectivity index (χ2n) is 6.04. The number of hydrogen-bond donors (Lipinski definition) is 0. The van der Waals surface area contributed by atoms with Crippen LogP contribution in [0.15, 0.2) is 61.2 Å². The maximum absolute atomic E-state index is 6.00. The summed E-state index contributed by atoms with van der Waals surface area (Å²) in [7, 11) is 0. The molecular weight excluding hydrogens is 346 g/mol. The molecule has 0 bridgehead atoms. The van der Waals surface area contributed by atoms with Crippen molar-refractivity contribution in [1.82, 2.24) is 19.5 Å². The summed E-state index contributed by atoms with van der Waals surface area (Å²) < 4.78 is 1.95.